The summed E-state index contributed by atoms with van der Waals surface area (Å²) in [4.78, 5) is 19.9. The highest BCUT2D eigenvalue weighted by molar-refractivity contribution is 5.80. The molecule has 20 heavy (non-hydrogen) atoms. The van der Waals surface area contributed by atoms with Crippen LogP contribution in [0.25, 0.3) is 0 Å². The third kappa shape index (κ3) is 5.72. The van der Waals surface area contributed by atoms with Crippen molar-refractivity contribution in [3.63, 3.8) is 0 Å². The Morgan fingerprint density at radius 2 is 2.15 bits per heavy atom. The maximum Gasteiger partial charge on any atom is 0.406 e. The van der Waals surface area contributed by atoms with Crippen LogP contribution >= 0.6 is 0 Å². The Morgan fingerprint density at radius 3 is 2.75 bits per heavy atom. The summed E-state index contributed by atoms with van der Waals surface area (Å²) in [7, 11) is 1.08. The van der Waals surface area contributed by atoms with Crippen LogP contribution in [0.5, 0.6) is 5.88 Å². The van der Waals surface area contributed by atoms with E-state index in [1.807, 2.05) is 0 Å². The van der Waals surface area contributed by atoms with Crippen LogP contribution in [0.1, 0.15) is 6.92 Å². The average Bonchev–Trinajstić information content (AvgIpc) is 2.35. The first kappa shape index (κ1) is 16.0. The van der Waals surface area contributed by atoms with E-state index in [4.69, 9.17) is 4.74 Å². The normalized spacial score (nSPS) is 11.1. The number of nitrogens with one attached hydrogen (secondary N) is 1. The lowest BCUT2D eigenvalue weighted by Gasteiger charge is -2.19. The molecule has 0 aromatic carbocycles. The first-order valence-electron chi connectivity index (χ1n) is 5.81. The van der Waals surface area contributed by atoms with E-state index in [9.17, 15) is 18.0 Å². The molecule has 1 aromatic heterocycles. The molecule has 9 heteroatoms. The fourth-order valence-electron chi connectivity index (χ4n) is 1.31. The summed E-state index contributed by atoms with van der Waals surface area (Å²) in [5.74, 6) is -0.177. The van der Waals surface area contributed by atoms with E-state index < -0.39 is 18.6 Å². The van der Waals surface area contributed by atoms with Gasteiger partial charge in [0.15, 0.2) is 0 Å². The Hall–Kier alpha value is -2.06. The molecule has 0 fully saturated rings. The highest BCUT2D eigenvalue weighted by Gasteiger charge is 2.30. The summed E-state index contributed by atoms with van der Waals surface area (Å²) in [6, 6.07) is 0. The number of hydrogen-bond acceptors (Lipinski definition) is 5. The maximum absolute atomic E-state index is 12.1. The van der Waals surface area contributed by atoms with Gasteiger partial charge < -0.3 is 15.0 Å². The summed E-state index contributed by atoms with van der Waals surface area (Å²) in [6.45, 7) is 0.581. The number of ether oxygens (including phenoxy) is 1. The van der Waals surface area contributed by atoms with Gasteiger partial charge in [0.2, 0.25) is 11.8 Å². The van der Waals surface area contributed by atoms with E-state index in [2.05, 4.69) is 15.3 Å². The molecule has 1 aromatic rings. The summed E-state index contributed by atoms with van der Waals surface area (Å²) in [5.41, 5.74) is 0. The minimum atomic E-state index is -4.42. The number of alkyl halides is 3. The smallest absolute Gasteiger partial charge is 0.406 e. The van der Waals surface area contributed by atoms with Crippen LogP contribution in [0.4, 0.5) is 19.0 Å². The van der Waals surface area contributed by atoms with Crippen LogP contribution in [0, 0.1) is 0 Å². The third-order valence-electron chi connectivity index (χ3n) is 2.17. The number of rotatable bonds is 6. The third-order valence-corrected chi connectivity index (χ3v) is 2.17. The number of carbonyl (C=O) groups is 1. The van der Waals surface area contributed by atoms with Crippen molar-refractivity contribution in [2.24, 2.45) is 0 Å². The van der Waals surface area contributed by atoms with Crippen molar-refractivity contribution in [2.45, 2.75) is 13.1 Å². The van der Waals surface area contributed by atoms with Gasteiger partial charge >= 0.3 is 6.18 Å². The van der Waals surface area contributed by atoms with Crippen LogP contribution in [0.2, 0.25) is 0 Å². The highest BCUT2D eigenvalue weighted by atomic mass is 19.4. The fraction of sp³-hybridized carbons (Fsp3) is 0.545. The van der Waals surface area contributed by atoms with Gasteiger partial charge in [-0.15, -0.1) is 0 Å². The van der Waals surface area contributed by atoms with E-state index in [0.29, 0.717) is 11.5 Å². The summed E-state index contributed by atoms with van der Waals surface area (Å²) in [5, 5.41) is 2.60. The lowest BCUT2D eigenvalue weighted by Crippen LogP contribution is -2.39. The van der Waals surface area contributed by atoms with Crippen molar-refractivity contribution in [1.29, 1.82) is 0 Å². The molecule has 1 rings (SSSR count). The van der Waals surface area contributed by atoms with Gasteiger partial charge in [-0.2, -0.15) is 18.2 Å². The second-order valence-electron chi connectivity index (χ2n) is 3.89. The Bertz CT molecular complexity index is 454. The zero-order valence-corrected chi connectivity index (χ0v) is 11.1. The van der Waals surface area contributed by atoms with Crippen molar-refractivity contribution in [3.8, 4) is 5.88 Å². The lowest BCUT2D eigenvalue weighted by atomic mass is 10.4. The Kier molecular flexibility index (Phi) is 5.53. The molecule has 0 saturated carbocycles. The van der Waals surface area contributed by atoms with Gasteiger partial charge in [-0.25, -0.2) is 0 Å². The molecule has 0 aliphatic carbocycles. The number of aromatic nitrogens is 2. The van der Waals surface area contributed by atoms with Crippen LogP contribution in [-0.4, -0.2) is 53.7 Å². The molecular formula is C11H15F3N4O2. The summed E-state index contributed by atoms with van der Waals surface area (Å²) in [6.07, 6.45) is -1.68. The first-order chi connectivity index (χ1) is 9.31. The van der Waals surface area contributed by atoms with Crippen molar-refractivity contribution >= 4 is 11.7 Å². The standard InChI is InChI=1S/C11H15F3N4O2/c1-3-20-9-5-15-4-8(17-9)16-6-10(19)18(2)7-11(12,13)14/h4-5H,3,6-7H2,1-2H3,(H,16,17). The first-order valence-corrected chi connectivity index (χ1v) is 5.81. The van der Waals surface area contributed by atoms with E-state index in [1.165, 1.54) is 12.4 Å². The van der Waals surface area contributed by atoms with Gasteiger partial charge in [-0.05, 0) is 6.92 Å². The highest BCUT2D eigenvalue weighted by Crippen LogP contribution is 2.15. The molecule has 6 nitrogen and oxygen atoms in total. The van der Waals surface area contributed by atoms with E-state index >= 15 is 0 Å². The number of nitrogens with zero attached hydrogens (tertiary/aromatic N) is 3. The summed E-state index contributed by atoms with van der Waals surface area (Å²) >= 11 is 0. The molecule has 0 spiro atoms. The van der Waals surface area contributed by atoms with Crippen molar-refractivity contribution in [1.82, 2.24) is 14.9 Å². The predicted molar refractivity (Wildman–Crippen MR) is 65.4 cm³/mol. The molecule has 0 atom stereocenters. The number of likely N-dealkylation sites (N-methyl/N-ethyl adjacent to an activating group) is 1. The number of carbonyl (C=O) groups excluding carboxylic acids is 1. The van der Waals surface area contributed by atoms with Crippen LogP contribution in [-0.2, 0) is 4.79 Å². The van der Waals surface area contributed by atoms with Gasteiger partial charge in [0.1, 0.15) is 12.4 Å². The van der Waals surface area contributed by atoms with Crippen molar-refractivity contribution < 1.29 is 22.7 Å². The second-order valence-corrected chi connectivity index (χ2v) is 3.89. The van der Waals surface area contributed by atoms with Gasteiger partial charge in [0.25, 0.3) is 0 Å². The van der Waals surface area contributed by atoms with Crippen molar-refractivity contribution in [2.75, 3.05) is 32.1 Å². The minimum Gasteiger partial charge on any atom is -0.477 e. The topological polar surface area (TPSA) is 67.3 Å². The van der Waals surface area contributed by atoms with Crippen LogP contribution < -0.4 is 10.1 Å². The zero-order chi connectivity index (χ0) is 15.2. The van der Waals surface area contributed by atoms with E-state index in [0.717, 1.165) is 7.05 Å². The Labute approximate surface area is 114 Å². The van der Waals surface area contributed by atoms with Crippen LogP contribution in [0.3, 0.4) is 0 Å². The quantitative estimate of drug-likeness (QED) is 0.856. The largest absolute Gasteiger partial charge is 0.477 e. The Balaban J connectivity index is 2.50. The van der Waals surface area contributed by atoms with Gasteiger partial charge in [-0.1, -0.05) is 0 Å². The summed E-state index contributed by atoms with van der Waals surface area (Å²) < 4.78 is 41.5. The average molecular weight is 292 g/mol. The molecule has 0 aliphatic heterocycles. The van der Waals surface area contributed by atoms with E-state index in [-0.39, 0.29) is 18.2 Å². The number of halogens is 3. The molecule has 0 radical (unpaired) electrons. The van der Waals surface area contributed by atoms with Gasteiger partial charge in [-0.3, -0.25) is 9.78 Å². The molecule has 0 aliphatic rings. The molecular weight excluding hydrogens is 277 g/mol. The van der Waals surface area contributed by atoms with Crippen molar-refractivity contribution in [3.05, 3.63) is 12.4 Å². The zero-order valence-electron chi connectivity index (χ0n) is 11.1. The number of amides is 1. The monoisotopic (exact) mass is 292 g/mol. The number of anilines is 1. The fourth-order valence-corrected chi connectivity index (χ4v) is 1.31. The second kappa shape index (κ2) is 6.92. The molecule has 1 heterocycles. The lowest BCUT2D eigenvalue weighted by molar-refractivity contribution is -0.157. The molecule has 112 valence electrons. The van der Waals surface area contributed by atoms with E-state index in [1.54, 1.807) is 6.92 Å². The molecule has 1 amide bonds. The maximum atomic E-state index is 12.1. The van der Waals surface area contributed by atoms with Gasteiger partial charge in [0, 0.05) is 7.05 Å². The predicted octanol–water partition coefficient (Wildman–Crippen LogP) is 1.31. The molecule has 0 unspecified atom stereocenters. The molecule has 0 saturated heterocycles. The molecule has 1 N–H and O–H groups in total. The minimum absolute atomic E-state index is 0.254. The molecule has 0 bridgehead atoms. The SMILES string of the molecule is CCOc1cncc(NCC(=O)N(C)CC(F)(F)F)n1. The Morgan fingerprint density at radius 1 is 1.45 bits per heavy atom. The number of hydrogen-bond donors (Lipinski definition) is 1. The van der Waals surface area contributed by atoms with Gasteiger partial charge in [0.05, 0.1) is 25.5 Å². The van der Waals surface area contributed by atoms with Crippen LogP contribution in [0.15, 0.2) is 12.4 Å².